The first-order valence-electron chi connectivity index (χ1n) is 16.3. The van der Waals surface area contributed by atoms with E-state index in [4.69, 9.17) is 14.2 Å². The molecule has 10 heteroatoms. The lowest BCUT2D eigenvalue weighted by atomic mass is 9.79. The number of methoxy groups -OCH3 is 2. The van der Waals surface area contributed by atoms with Crippen molar-refractivity contribution in [3.63, 3.8) is 0 Å². The zero-order valence-electron chi connectivity index (χ0n) is 27.8. The molecule has 2 N–H and O–H groups in total. The lowest BCUT2D eigenvalue weighted by Crippen LogP contribution is -2.36. The second-order valence-corrected chi connectivity index (χ2v) is 12.2. The van der Waals surface area contributed by atoms with Gasteiger partial charge in [0, 0.05) is 11.5 Å². The van der Waals surface area contributed by atoms with Crippen LogP contribution in [-0.2, 0) is 10.3 Å². The van der Waals surface area contributed by atoms with Gasteiger partial charge in [-0.15, -0.1) is 0 Å². The number of benzene rings is 4. The number of ether oxygens (including phenoxy) is 3. The van der Waals surface area contributed by atoms with E-state index in [2.05, 4.69) is 26.8 Å². The monoisotopic (exact) mass is 667 g/mol. The Bertz CT molecular complexity index is 2050. The lowest BCUT2D eigenvalue weighted by molar-refractivity contribution is -0.0223. The van der Waals surface area contributed by atoms with Crippen molar-refractivity contribution >= 4 is 22.9 Å². The van der Waals surface area contributed by atoms with Gasteiger partial charge < -0.3 is 29.2 Å². The van der Waals surface area contributed by atoms with Gasteiger partial charge in [0.05, 0.1) is 39.3 Å². The summed E-state index contributed by atoms with van der Waals surface area (Å²) in [6.07, 6.45) is 2.70. The number of anilines is 1. The van der Waals surface area contributed by atoms with Crippen LogP contribution in [0.15, 0.2) is 134 Å². The Morgan fingerprint density at radius 3 is 2.02 bits per heavy atom. The second kappa shape index (κ2) is 13.9. The minimum Gasteiger partial charge on any atom is -0.497 e. The minimum absolute atomic E-state index is 0.170. The highest BCUT2D eigenvalue weighted by Crippen LogP contribution is 2.45. The van der Waals surface area contributed by atoms with E-state index in [-0.39, 0.29) is 18.6 Å². The topological polar surface area (TPSA) is 121 Å². The zero-order valence-corrected chi connectivity index (χ0v) is 27.8. The molecule has 7 rings (SSSR count). The van der Waals surface area contributed by atoms with Gasteiger partial charge in [-0.2, -0.15) is 0 Å². The van der Waals surface area contributed by atoms with Crippen molar-refractivity contribution in [1.29, 1.82) is 0 Å². The van der Waals surface area contributed by atoms with E-state index >= 15 is 0 Å². The number of nitrogens with zero attached hydrogens (tertiary/aromatic N) is 4. The molecular weight excluding hydrogens is 630 g/mol. The molecule has 4 aromatic carbocycles. The minimum atomic E-state index is -1.04. The first kappa shape index (κ1) is 32.7. The van der Waals surface area contributed by atoms with Gasteiger partial charge in [-0.25, -0.2) is 15.0 Å². The molecule has 1 aliphatic carbocycles. The summed E-state index contributed by atoms with van der Waals surface area (Å²) in [4.78, 5) is 26.3. The predicted molar refractivity (Wildman–Crippen MR) is 190 cm³/mol. The van der Waals surface area contributed by atoms with Gasteiger partial charge in [0.2, 0.25) is 0 Å². The number of hydrogen-bond donors (Lipinski definition) is 2. The summed E-state index contributed by atoms with van der Waals surface area (Å²) in [6, 6.07) is 34.3. The van der Waals surface area contributed by atoms with Gasteiger partial charge in [0.15, 0.2) is 17.0 Å². The number of aromatic nitrogens is 4. The average molecular weight is 668 g/mol. The average Bonchev–Trinajstić information content (AvgIpc) is 3.73. The number of imidazole rings is 1. The van der Waals surface area contributed by atoms with E-state index in [0.29, 0.717) is 29.0 Å². The molecule has 1 saturated carbocycles. The lowest BCUT2D eigenvalue weighted by Gasteiger charge is -2.37. The largest absolute Gasteiger partial charge is 0.497 e. The third-order valence-corrected chi connectivity index (χ3v) is 9.45. The Balaban J connectivity index is 1.21. The summed E-state index contributed by atoms with van der Waals surface area (Å²) in [5, 5.41) is 14.4. The number of amides is 1. The Morgan fingerprint density at radius 1 is 0.840 bits per heavy atom. The van der Waals surface area contributed by atoms with Gasteiger partial charge >= 0.3 is 0 Å². The number of aliphatic hydroxyl groups excluding tert-OH is 1. The number of fused-ring (bicyclic) bond motifs is 1. The molecule has 0 radical (unpaired) electrons. The summed E-state index contributed by atoms with van der Waals surface area (Å²) in [6.45, 7) is 4.64. The van der Waals surface area contributed by atoms with Crippen LogP contribution in [-0.4, -0.2) is 57.5 Å². The SMILES string of the molecule is C=C1[C@H](COC(c2ccccc2)(c2ccc(OC)cc2)c2ccc(OC)cc2)[C@@H](O)C[C@@H]1n1cnc2c(NC(=O)c3ccccc3)ncnc21. The maximum Gasteiger partial charge on any atom is 0.256 e. The van der Waals surface area contributed by atoms with Crippen molar-refractivity contribution < 1.29 is 24.1 Å². The zero-order chi connectivity index (χ0) is 34.7. The third-order valence-electron chi connectivity index (χ3n) is 9.45. The number of nitrogens with one attached hydrogen (secondary N) is 1. The molecule has 2 heterocycles. The van der Waals surface area contributed by atoms with Crippen LogP contribution in [0.4, 0.5) is 5.82 Å². The Morgan fingerprint density at radius 2 is 1.42 bits per heavy atom. The van der Waals surface area contributed by atoms with Crippen molar-refractivity contribution in [3.8, 4) is 11.5 Å². The Kier molecular flexibility index (Phi) is 9.12. The molecular formula is C40H37N5O5. The van der Waals surface area contributed by atoms with Crippen molar-refractivity contribution in [2.45, 2.75) is 24.2 Å². The van der Waals surface area contributed by atoms with E-state index < -0.39 is 17.6 Å². The highest BCUT2D eigenvalue weighted by atomic mass is 16.5. The van der Waals surface area contributed by atoms with E-state index in [1.54, 1.807) is 44.8 Å². The van der Waals surface area contributed by atoms with Crippen molar-refractivity contribution in [2.24, 2.45) is 5.92 Å². The van der Waals surface area contributed by atoms with Crippen molar-refractivity contribution in [2.75, 3.05) is 26.1 Å². The molecule has 3 atom stereocenters. The predicted octanol–water partition coefficient (Wildman–Crippen LogP) is 6.58. The maximum atomic E-state index is 12.9. The maximum absolute atomic E-state index is 12.9. The van der Waals surface area contributed by atoms with E-state index in [9.17, 15) is 9.90 Å². The van der Waals surface area contributed by atoms with E-state index in [0.717, 1.165) is 33.8 Å². The van der Waals surface area contributed by atoms with Gasteiger partial charge in [0.1, 0.15) is 23.4 Å². The van der Waals surface area contributed by atoms with Crippen LogP contribution in [0.2, 0.25) is 0 Å². The third kappa shape index (κ3) is 5.99. The van der Waals surface area contributed by atoms with Crippen LogP contribution < -0.4 is 14.8 Å². The Labute approximate surface area is 290 Å². The molecule has 10 nitrogen and oxygen atoms in total. The standard InChI is InChI=1S/C40H37N5O5/c1-26-33(35(46)22-34(26)45-25-43-36-37(41-24-42-38(36)45)44-39(47)27-10-6-4-7-11-27)23-50-40(28-12-8-5-9-13-28,29-14-18-31(48-2)19-15-29)30-16-20-32(49-3)21-17-30/h4-21,24-25,33-35,46H,1,22-23H2,2-3H3,(H,41,42,44,47)/t33-,34-,35-/m0/s1. The van der Waals surface area contributed by atoms with E-state index in [1.807, 2.05) is 89.5 Å². The molecule has 0 unspecified atom stereocenters. The van der Waals surface area contributed by atoms with Gasteiger partial charge in [0.25, 0.3) is 5.91 Å². The van der Waals surface area contributed by atoms with Crippen LogP contribution in [0.3, 0.4) is 0 Å². The number of carbonyl (C=O) groups excluding carboxylic acids is 1. The number of aliphatic hydroxyl groups is 1. The van der Waals surface area contributed by atoms with Crippen LogP contribution in [0.25, 0.3) is 11.2 Å². The first-order chi connectivity index (χ1) is 24.4. The van der Waals surface area contributed by atoms with Gasteiger partial charge in [-0.1, -0.05) is 79.4 Å². The van der Waals surface area contributed by atoms with Crippen LogP contribution in [0.1, 0.15) is 39.5 Å². The molecule has 252 valence electrons. The first-order valence-corrected chi connectivity index (χ1v) is 16.3. The van der Waals surface area contributed by atoms with Crippen LogP contribution in [0, 0.1) is 5.92 Å². The molecule has 2 aromatic heterocycles. The number of carbonyl (C=O) groups is 1. The molecule has 0 bridgehead atoms. The summed E-state index contributed by atoms with van der Waals surface area (Å²) < 4.78 is 20.0. The highest BCUT2D eigenvalue weighted by Gasteiger charge is 2.43. The fourth-order valence-electron chi connectivity index (χ4n) is 6.78. The normalized spacial score (nSPS) is 17.5. The number of rotatable bonds is 11. The van der Waals surface area contributed by atoms with Crippen LogP contribution >= 0.6 is 0 Å². The number of hydrogen-bond acceptors (Lipinski definition) is 8. The highest BCUT2D eigenvalue weighted by molar-refractivity contribution is 6.06. The summed E-state index contributed by atoms with van der Waals surface area (Å²) >= 11 is 0. The summed E-state index contributed by atoms with van der Waals surface area (Å²) in [5.74, 6) is 1.06. The molecule has 0 spiro atoms. The van der Waals surface area contributed by atoms with Crippen molar-refractivity contribution in [3.05, 3.63) is 156 Å². The Hall–Kier alpha value is -5.84. The molecule has 50 heavy (non-hydrogen) atoms. The fourth-order valence-corrected chi connectivity index (χ4v) is 6.78. The molecule has 6 aromatic rings. The summed E-state index contributed by atoms with van der Waals surface area (Å²) in [7, 11) is 3.28. The quantitative estimate of drug-likeness (QED) is 0.117. The van der Waals surface area contributed by atoms with Gasteiger partial charge in [-0.3, -0.25) is 4.79 Å². The fraction of sp³-hybridized carbons (Fsp3) is 0.200. The smallest absolute Gasteiger partial charge is 0.256 e. The second-order valence-electron chi connectivity index (χ2n) is 12.2. The molecule has 1 amide bonds. The molecule has 0 aliphatic heterocycles. The van der Waals surface area contributed by atoms with Crippen molar-refractivity contribution in [1.82, 2.24) is 19.5 Å². The molecule has 1 fully saturated rings. The molecule has 1 aliphatic rings. The summed E-state index contributed by atoms with van der Waals surface area (Å²) in [5.41, 5.74) is 3.94. The van der Waals surface area contributed by atoms with Gasteiger partial charge in [-0.05, 0) is 65.1 Å². The van der Waals surface area contributed by atoms with E-state index in [1.165, 1.54) is 6.33 Å². The van der Waals surface area contributed by atoms with Crippen LogP contribution in [0.5, 0.6) is 11.5 Å². The molecule has 0 saturated heterocycles.